The van der Waals surface area contributed by atoms with Crippen LogP contribution in [-0.2, 0) is 14.2 Å². The highest BCUT2D eigenvalue weighted by atomic mass is 16.7. The maximum Gasteiger partial charge on any atom is 0.229 e. The molecule has 2 aromatic rings. The van der Waals surface area contributed by atoms with Gasteiger partial charge < -0.3 is 64.5 Å². The molecule has 43 heavy (non-hydrogen) atoms. The Kier molecular flexibility index (Phi) is 8.75. The van der Waals surface area contributed by atoms with Crippen molar-refractivity contribution in [2.75, 3.05) is 20.3 Å². The topological polar surface area (TPSA) is 242 Å². The molecule has 234 valence electrons. The Labute approximate surface area is 244 Å². The highest BCUT2D eigenvalue weighted by Crippen LogP contribution is 2.40. The average molecular weight is 609 g/mol. The van der Waals surface area contributed by atoms with Crippen molar-refractivity contribution in [1.82, 2.24) is 0 Å². The first-order chi connectivity index (χ1) is 20.4. The molecule has 1 aliphatic carbocycles. The molecular formula is C28H32O15. The van der Waals surface area contributed by atoms with Crippen LogP contribution in [0.1, 0.15) is 37.4 Å². The number of aromatic hydroxyl groups is 1. The van der Waals surface area contributed by atoms with E-state index in [2.05, 4.69) is 0 Å². The van der Waals surface area contributed by atoms with Crippen LogP contribution in [0.25, 0.3) is 0 Å². The van der Waals surface area contributed by atoms with Crippen LogP contribution < -0.4 is 9.47 Å². The Hall–Kier alpha value is -3.22. The molecule has 2 aromatic carbocycles. The Morgan fingerprint density at radius 2 is 1.35 bits per heavy atom. The van der Waals surface area contributed by atoms with E-state index in [1.165, 1.54) is 31.4 Å². The van der Waals surface area contributed by atoms with Crippen molar-refractivity contribution in [2.45, 2.75) is 68.3 Å². The standard InChI is InChI=1S/C28H32O15/c1-9-3-11-18(22(34)17-12(19(11)31)5-10(39-2)6-13(17)30)14(4-9)41-28-26(38)24(36)21(33)16(43-28)8-40-27-25(37)23(35)20(32)15(7-29)42-27/h3-6,15-16,20-21,23-30,32-33,35-38H,7-8H2,1-2H3/t15-,16-,20-,21-,23+,24+,25-,26-,27+,28+/m1/s1. The number of carbonyl (C=O) groups is 2. The maximum absolute atomic E-state index is 13.6. The molecule has 2 fully saturated rings. The fourth-order valence-corrected chi connectivity index (χ4v) is 5.34. The first-order valence-corrected chi connectivity index (χ1v) is 13.3. The molecule has 0 amide bonds. The third-order valence-electron chi connectivity index (χ3n) is 7.70. The molecule has 2 saturated heterocycles. The van der Waals surface area contributed by atoms with Gasteiger partial charge in [-0.2, -0.15) is 0 Å². The number of hydrogen-bond donors (Lipinski definition) is 8. The number of aliphatic hydroxyl groups excluding tert-OH is 7. The highest BCUT2D eigenvalue weighted by molar-refractivity contribution is 6.30. The molecule has 0 spiro atoms. The fourth-order valence-electron chi connectivity index (χ4n) is 5.34. The molecule has 2 heterocycles. The van der Waals surface area contributed by atoms with Crippen LogP contribution >= 0.6 is 0 Å². The molecule has 0 unspecified atom stereocenters. The Morgan fingerprint density at radius 3 is 2.00 bits per heavy atom. The largest absolute Gasteiger partial charge is 0.507 e. The quantitative estimate of drug-likeness (QED) is 0.138. The van der Waals surface area contributed by atoms with Crippen molar-refractivity contribution < 1.29 is 74.1 Å². The van der Waals surface area contributed by atoms with E-state index >= 15 is 0 Å². The Balaban J connectivity index is 1.40. The van der Waals surface area contributed by atoms with E-state index in [0.717, 1.165) is 0 Å². The molecule has 0 saturated carbocycles. The van der Waals surface area contributed by atoms with E-state index in [-0.39, 0.29) is 33.8 Å². The minimum absolute atomic E-state index is 0.0477. The molecule has 8 N–H and O–H groups in total. The first kappa shape index (κ1) is 31.2. The number of carbonyl (C=O) groups excluding carboxylic acids is 2. The smallest absolute Gasteiger partial charge is 0.229 e. The predicted molar refractivity (Wildman–Crippen MR) is 140 cm³/mol. The van der Waals surface area contributed by atoms with Gasteiger partial charge in [-0.3, -0.25) is 9.59 Å². The predicted octanol–water partition coefficient (Wildman–Crippen LogP) is -2.51. The molecule has 3 aliphatic rings. The van der Waals surface area contributed by atoms with Crippen molar-refractivity contribution in [3.8, 4) is 17.2 Å². The molecule has 15 heteroatoms. The Morgan fingerprint density at radius 1 is 0.744 bits per heavy atom. The van der Waals surface area contributed by atoms with Crippen molar-refractivity contribution in [1.29, 1.82) is 0 Å². The van der Waals surface area contributed by atoms with E-state index in [1.54, 1.807) is 6.92 Å². The number of ketones is 2. The number of rotatable bonds is 7. The molecule has 10 atom stereocenters. The van der Waals surface area contributed by atoms with Gasteiger partial charge in [0.1, 0.15) is 66.1 Å². The molecule has 0 aromatic heterocycles. The van der Waals surface area contributed by atoms with E-state index in [4.69, 9.17) is 23.7 Å². The second kappa shape index (κ2) is 12.0. The number of ether oxygens (including phenoxy) is 5. The summed E-state index contributed by atoms with van der Waals surface area (Å²) < 4.78 is 27.3. The number of aliphatic hydroxyl groups is 7. The van der Waals surface area contributed by atoms with Gasteiger partial charge in [-0.1, -0.05) is 0 Å². The summed E-state index contributed by atoms with van der Waals surface area (Å²) in [6.45, 7) is 0.323. The van der Waals surface area contributed by atoms with E-state index in [0.29, 0.717) is 5.56 Å². The second-order valence-corrected chi connectivity index (χ2v) is 10.6. The van der Waals surface area contributed by atoms with Crippen molar-refractivity contribution in [3.63, 3.8) is 0 Å². The van der Waals surface area contributed by atoms with Gasteiger partial charge in [0.25, 0.3) is 0 Å². The lowest BCUT2D eigenvalue weighted by Gasteiger charge is -2.42. The van der Waals surface area contributed by atoms with Gasteiger partial charge in [0, 0.05) is 17.2 Å². The van der Waals surface area contributed by atoms with Crippen LogP contribution in [0.5, 0.6) is 17.2 Å². The van der Waals surface area contributed by atoms with Gasteiger partial charge in [0.2, 0.25) is 12.1 Å². The maximum atomic E-state index is 13.6. The summed E-state index contributed by atoms with van der Waals surface area (Å²) in [5.74, 6) is -1.90. The normalized spacial score (nSPS) is 34.0. The van der Waals surface area contributed by atoms with Crippen molar-refractivity contribution >= 4 is 11.6 Å². The summed E-state index contributed by atoms with van der Waals surface area (Å²) in [6.07, 6.45) is -16.5. The monoisotopic (exact) mass is 608 g/mol. The van der Waals surface area contributed by atoms with Gasteiger partial charge in [-0.15, -0.1) is 0 Å². The molecule has 2 aliphatic heterocycles. The molecular weight excluding hydrogens is 576 g/mol. The number of fused-ring (bicyclic) bond motifs is 2. The van der Waals surface area contributed by atoms with E-state index in [1.807, 2.05) is 0 Å². The van der Waals surface area contributed by atoms with Gasteiger partial charge in [-0.25, -0.2) is 0 Å². The summed E-state index contributed by atoms with van der Waals surface area (Å²) in [7, 11) is 1.34. The minimum Gasteiger partial charge on any atom is -0.507 e. The summed E-state index contributed by atoms with van der Waals surface area (Å²) in [5.41, 5.74) is -0.149. The summed E-state index contributed by atoms with van der Waals surface area (Å²) in [4.78, 5) is 27.0. The van der Waals surface area contributed by atoms with E-state index in [9.17, 15) is 50.4 Å². The number of aryl methyl sites for hydroxylation is 1. The van der Waals surface area contributed by atoms with Crippen LogP contribution in [0.2, 0.25) is 0 Å². The molecule has 0 radical (unpaired) electrons. The van der Waals surface area contributed by atoms with Crippen LogP contribution in [0.4, 0.5) is 0 Å². The summed E-state index contributed by atoms with van der Waals surface area (Å²) >= 11 is 0. The third-order valence-corrected chi connectivity index (χ3v) is 7.70. The Bertz CT molecular complexity index is 1390. The molecule has 15 nitrogen and oxygen atoms in total. The summed E-state index contributed by atoms with van der Waals surface area (Å²) in [5, 5.41) is 81.8. The van der Waals surface area contributed by atoms with E-state index < -0.39 is 91.9 Å². The number of methoxy groups -OCH3 is 1. The SMILES string of the molecule is COc1cc(O)c2c(c1)C(=O)c1cc(C)cc(O[C@H]3O[C@H](CO[C@H]4O[C@H](CO)[C@@H](O)[C@H](O)[C@H]4O)[C@@H](O)[C@H](O)[C@H]3O)c1C2=O. The first-order valence-electron chi connectivity index (χ1n) is 13.3. The molecule has 0 bridgehead atoms. The third kappa shape index (κ3) is 5.49. The van der Waals surface area contributed by atoms with Gasteiger partial charge >= 0.3 is 0 Å². The average Bonchev–Trinajstić information content (AvgIpc) is 2.98. The summed E-state index contributed by atoms with van der Waals surface area (Å²) in [6, 6.07) is 5.35. The lowest BCUT2D eigenvalue weighted by atomic mass is 9.82. The lowest BCUT2D eigenvalue weighted by molar-refractivity contribution is -0.323. The van der Waals surface area contributed by atoms with Gasteiger partial charge in [0.05, 0.1) is 31.5 Å². The van der Waals surface area contributed by atoms with Crippen molar-refractivity contribution in [2.24, 2.45) is 0 Å². The number of phenolic OH excluding ortho intramolecular Hbond substituents is 1. The van der Waals surface area contributed by atoms with Crippen LogP contribution in [-0.4, -0.2) is 134 Å². The zero-order chi connectivity index (χ0) is 31.3. The zero-order valence-corrected chi connectivity index (χ0v) is 22.9. The zero-order valence-electron chi connectivity index (χ0n) is 22.9. The van der Waals surface area contributed by atoms with Crippen molar-refractivity contribution in [3.05, 3.63) is 52.1 Å². The second-order valence-electron chi connectivity index (χ2n) is 10.6. The van der Waals surface area contributed by atoms with Gasteiger partial charge in [-0.05, 0) is 30.7 Å². The van der Waals surface area contributed by atoms with Crippen LogP contribution in [0, 0.1) is 6.92 Å². The lowest BCUT2D eigenvalue weighted by Crippen LogP contribution is -2.62. The minimum atomic E-state index is -1.85. The number of benzene rings is 2. The highest BCUT2D eigenvalue weighted by Gasteiger charge is 2.48. The van der Waals surface area contributed by atoms with Gasteiger partial charge in [0.15, 0.2) is 12.1 Å². The van der Waals surface area contributed by atoms with Crippen LogP contribution in [0.3, 0.4) is 0 Å². The fraction of sp³-hybridized carbons (Fsp3) is 0.500. The molecule has 5 rings (SSSR count). The number of hydrogen-bond acceptors (Lipinski definition) is 15. The van der Waals surface area contributed by atoms with Crippen LogP contribution in [0.15, 0.2) is 24.3 Å². The number of phenols is 1.